The van der Waals surface area contributed by atoms with Gasteiger partial charge >= 0.3 is 0 Å². The van der Waals surface area contributed by atoms with Gasteiger partial charge in [0, 0.05) is 31.1 Å². The average molecular weight is 260 g/mol. The molecule has 1 aromatic rings. The summed E-state index contributed by atoms with van der Waals surface area (Å²) < 4.78 is 6.35. The third-order valence-corrected chi connectivity index (χ3v) is 4.54. The predicted octanol–water partition coefficient (Wildman–Crippen LogP) is 2.71. The number of hydrogen-bond acceptors (Lipinski definition) is 3. The summed E-state index contributed by atoms with van der Waals surface area (Å²) in [5.74, 6) is 1.00. The van der Waals surface area contributed by atoms with Crippen molar-refractivity contribution in [2.75, 3.05) is 19.6 Å². The second kappa shape index (κ2) is 5.14. The highest BCUT2D eigenvalue weighted by molar-refractivity contribution is 5.38. The minimum atomic E-state index is -0.0159. The zero-order chi connectivity index (χ0) is 13.3. The van der Waals surface area contributed by atoms with E-state index >= 15 is 0 Å². The number of para-hydroxylation sites is 1. The van der Waals surface area contributed by atoms with Crippen LogP contribution in [0.3, 0.4) is 0 Å². The van der Waals surface area contributed by atoms with Gasteiger partial charge in [-0.25, -0.2) is 0 Å². The van der Waals surface area contributed by atoms with Crippen molar-refractivity contribution in [1.29, 1.82) is 0 Å². The van der Waals surface area contributed by atoms with Gasteiger partial charge in [-0.05, 0) is 31.9 Å². The van der Waals surface area contributed by atoms with Crippen molar-refractivity contribution in [3.05, 3.63) is 29.8 Å². The summed E-state index contributed by atoms with van der Waals surface area (Å²) in [5.41, 5.74) is 7.51. The van der Waals surface area contributed by atoms with Gasteiger partial charge in [0.25, 0.3) is 0 Å². The molecular weight excluding hydrogens is 236 g/mol. The predicted molar refractivity (Wildman–Crippen MR) is 77.3 cm³/mol. The van der Waals surface area contributed by atoms with Crippen LogP contribution in [0, 0.1) is 0 Å². The van der Waals surface area contributed by atoms with Crippen LogP contribution in [-0.4, -0.2) is 30.1 Å². The van der Waals surface area contributed by atoms with Crippen LogP contribution in [-0.2, 0) is 0 Å². The molecule has 1 fully saturated rings. The smallest absolute Gasteiger partial charge is 0.124 e. The Balaban J connectivity index is 1.74. The van der Waals surface area contributed by atoms with Crippen LogP contribution < -0.4 is 10.5 Å². The Morgan fingerprint density at radius 2 is 2.05 bits per heavy atom. The van der Waals surface area contributed by atoms with Gasteiger partial charge in [0.05, 0.1) is 0 Å². The molecule has 0 aromatic heterocycles. The first kappa shape index (κ1) is 12.9. The van der Waals surface area contributed by atoms with Crippen molar-refractivity contribution in [1.82, 2.24) is 4.90 Å². The molecule has 2 aliphatic rings. The fourth-order valence-electron chi connectivity index (χ4n) is 3.47. The second-order valence-corrected chi connectivity index (χ2v) is 5.98. The normalized spacial score (nSPS) is 25.9. The van der Waals surface area contributed by atoms with E-state index in [4.69, 9.17) is 10.5 Å². The Morgan fingerprint density at radius 1 is 1.32 bits per heavy atom. The third-order valence-electron chi connectivity index (χ3n) is 4.54. The topological polar surface area (TPSA) is 38.5 Å². The highest BCUT2D eigenvalue weighted by Gasteiger charge is 2.41. The molecule has 2 aliphatic heterocycles. The fourth-order valence-corrected chi connectivity index (χ4v) is 3.47. The molecule has 0 bridgehead atoms. The number of likely N-dealkylation sites (tertiary alicyclic amines) is 1. The van der Waals surface area contributed by atoms with Gasteiger partial charge in [-0.2, -0.15) is 0 Å². The van der Waals surface area contributed by atoms with Crippen molar-refractivity contribution in [2.45, 2.75) is 44.2 Å². The molecule has 1 spiro atoms. The van der Waals surface area contributed by atoms with Crippen LogP contribution in [0.4, 0.5) is 0 Å². The van der Waals surface area contributed by atoms with Gasteiger partial charge in [-0.3, -0.25) is 0 Å². The van der Waals surface area contributed by atoms with Crippen molar-refractivity contribution in [2.24, 2.45) is 5.73 Å². The van der Waals surface area contributed by atoms with Crippen LogP contribution in [0.15, 0.2) is 24.3 Å². The van der Waals surface area contributed by atoms with E-state index < -0.39 is 0 Å². The van der Waals surface area contributed by atoms with Crippen molar-refractivity contribution < 1.29 is 4.74 Å². The molecular formula is C16H24N2O. The number of rotatable bonds is 2. The van der Waals surface area contributed by atoms with Crippen LogP contribution >= 0.6 is 0 Å². The standard InChI is InChI=1S/C16H24N2O/c1-2-9-18-10-7-16(8-11-18)12-14(17)13-5-3-4-6-15(13)19-16/h3-6,14H,2,7-12,17H2,1H3/t14-/m1/s1. The van der Waals surface area contributed by atoms with Gasteiger partial charge in [0.1, 0.15) is 11.4 Å². The summed E-state index contributed by atoms with van der Waals surface area (Å²) in [7, 11) is 0. The van der Waals surface area contributed by atoms with Crippen LogP contribution in [0.5, 0.6) is 5.75 Å². The molecule has 1 aromatic carbocycles. The largest absolute Gasteiger partial charge is 0.487 e. The maximum absolute atomic E-state index is 6.35. The zero-order valence-electron chi connectivity index (χ0n) is 11.8. The molecule has 0 amide bonds. The van der Waals surface area contributed by atoms with E-state index in [1.165, 1.54) is 18.5 Å². The lowest BCUT2D eigenvalue weighted by atomic mass is 9.81. The van der Waals surface area contributed by atoms with Gasteiger partial charge in [0.15, 0.2) is 0 Å². The Kier molecular flexibility index (Phi) is 3.50. The summed E-state index contributed by atoms with van der Waals surface area (Å²) in [4.78, 5) is 2.54. The quantitative estimate of drug-likeness (QED) is 0.888. The lowest BCUT2D eigenvalue weighted by molar-refractivity contribution is -0.0215. The van der Waals surface area contributed by atoms with Gasteiger partial charge in [0.2, 0.25) is 0 Å². The molecule has 104 valence electrons. The Hall–Kier alpha value is -1.06. The SMILES string of the molecule is CCCN1CCC2(CC1)C[C@@H](N)c1ccccc1O2. The van der Waals surface area contributed by atoms with E-state index in [0.717, 1.165) is 38.1 Å². The molecule has 1 atom stereocenters. The van der Waals surface area contributed by atoms with E-state index in [2.05, 4.69) is 24.0 Å². The lowest BCUT2D eigenvalue weighted by Crippen LogP contribution is -2.51. The lowest BCUT2D eigenvalue weighted by Gasteiger charge is -2.46. The van der Waals surface area contributed by atoms with Crippen LogP contribution in [0.2, 0.25) is 0 Å². The summed E-state index contributed by atoms with van der Waals surface area (Å²) in [6, 6.07) is 8.37. The number of nitrogens with two attached hydrogens (primary N) is 1. The highest BCUT2D eigenvalue weighted by atomic mass is 16.5. The van der Waals surface area contributed by atoms with Crippen molar-refractivity contribution in [3.8, 4) is 5.75 Å². The third kappa shape index (κ3) is 2.49. The summed E-state index contributed by atoms with van der Waals surface area (Å²) in [5, 5.41) is 0. The highest BCUT2D eigenvalue weighted by Crippen LogP contribution is 2.43. The monoisotopic (exact) mass is 260 g/mol. The minimum Gasteiger partial charge on any atom is -0.487 e. The summed E-state index contributed by atoms with van der Waals surface area (Å²) >= 11 is 0. The van der Waals surface area contributed by atoms with Gasteiger partial charge in [-0.1, -0.05) is 25.1 Å². The summed E-state index contributed by atoms with van der Waals surface area (Å²) in [6.07, 6.45) is 4.41. The molecule has 19 heavy (non-hydrogen) atoms. The van der Waals surface area contributed by atoms with Crippen molar-refractivity contribution >= 4 is 0 Å². The van der Waals surface area contributed by atoms with E-state index in [0.29, 0.717) is 0 Å². The van der Waals surface area contributed by atoms with Gasteiger partial charge < -0.3 is 15.4 Å². The molecule has 3 heteroatoms. The molecule has 0 radical (unpaired) electrons. The number of benzene rings is 1. The average Bonchev–Trinajstić information content (AvgIpc) is 2.42. The maximum Gasteiger partial charge on any atom is 0.124 e. The number of nitrogens with zero attached hydrogens (tertiary/aromatic N) is 1. The number of hydrogen-bond donors (Lipinski definition) is 1. The molecule has 0 saturated carbocycles. The molecule has 0 unspecified atom stereocenters. The zero-order valence-corrected chi connectivity index (χ0v) is 11.8. The number of piperidine rings is 1. The first-order valence-electron chi connectivity index (χ1n) is 7.48. The van der Waals surface area contributed by atoms with E-state index in [1.54, 1.807) is 0 Å². The Labute approximate surface area is 115 Å². The first-order chi connectivity index (χ1) is 9.22. The van der Waals surface area contributed by atoms with E-state index in [-0.39, 0.29) is 11.6 Å². The molecule has 1 saturated heterocycles. The Bertz CT molecular complexity index is 438. The first-order valence-corrected chi connectivity index (χ1v) is 7.48. The van der Waals surface area contributed by atoms with Crippen LogP contribution in [0.25, 0.3) is 0 Å². The number of ether oxygens (including phenoxy) is 1. The molecule has 3 rings (SSSR count). The van der Waals surface area contributed by atoms with E-state index in [9.17, 15) is 0 Å². The Morgan fingerprint density at radius 3 is 2.79 bits per heavy atom. The van der Waals surface area contributed by atoms with Gasteiger partial charge in [-0.15, -0.1) is 0 Å². The molecule has 2 N–H and O–H groups in total. The van der Waals surface area contributed by atoms with Crippen molar-refractivity contribution in [3.63, 3.8) is 0 Å². The molecule has 0 aliphatic carbocycles. The maximum atomic E-state index is 6.35. The molecule has 3 nitrogen and oxygen atoms in total. The van der Waals surface area contributed by atoms with Crippen LogP contribution in [0.1, 0.15) is 44.2 Å². The second-order valence-electron chi connectivity index (χ2n) is 5.98. The number of fused-ring (bicyclic) bond motifs is 1. The fraction of sp³-hybridized carbons (Fsp3) is 0.625. The minimum absolute atomic E-state index is 0.0159. The van der Waals surface area contributed by atoms with E-state index in [1.807, 2.05) is 12.1 Å². The molecule has 2 heterocycles. The summed E-state index contributed by atoms with van der Waals surface area (Å²) in [6.45, 7) is 5.73.